The van der Waals surface area contributed by atoms with Gasteiger partial charge in [0.1, 0.15) is 24.0 Å². The van der Waals surface area contributed by atoms with E-state index in [2.05, 4.69) is 20.2 Å². The van der Waals surface area contributed by atoms with E-state index in [1.165, 1.54) is 6.33 Å². The fourth-order valence-corrected chi connectivity index (χ4v) is 2.65. The van der Waals surface area contributed by atoms with Gasteiger partial charge in [0.05, 0.1) is 24.7 Å². The number of hydrogen-bond donors (Lipinski definition) is 0. The van der Waals surface area contributed by atoms with Gasteiger partial charge in [-0.05, 0) is 0 Å². The zero-order valence-corrected chi connectivity index (χ0v) is 11.7. The summed E-state index contributed by atoms with van der Waals surface area (Å²) in [5.74, 6) is 0.737. The second kappa shape index (κ2) is 4.24. The van der Waals surface area contributed by atoms with Crippen LogP contribution in [0.2, 0.25) is 0 Å². The van der Waals surface area contributed by atoms with E-state index in [0.717, 1.165) is 28.1 Å². The first-order chi connectivity index (χ1) is 10.1. The van der Waals surface area contributed by atoms with Gasteiger partial charge in [0, 0.05) is 25.9 Å². The van der Waals surface area contributed by atoms with E-state index in [-0.39, 0.29) is 0 Å². The summed E-state index contributed by atoms with van der Waals surface area (Å²) in [5.41, 5.74) is 2.41. The smallest absolute Gasteiger partial charge is 0.163 e. The van der Waals surface area contributed by atoms with Crippen LogP contribution in [0.25, 0.3) is 22.3 Å². The molecule has 0 aliphatic carbocycles. The van der Waals surface area contributed by atoms with Crippen molar-refractivity contribution in [3.05, 3.63) is 18.7 Å². The van der Waals surface area contributed by atoms with E-state index in [4.69, 9.17) is 0 Å². The fourth-order valence-electron chi connectivity index (χ4n) is 2.65. The maximum atomic E-state index is 13.2. The summed E-state index contributed by atoms with van der Waals surface area (Å²) >= 11 is 0. The van der Waals surface area contributed by atoms with Crippen LogP contribution in [0.15, 0.2) is 18.7 Å². The molecule has 0 N–H and O–H groups in total. The van der Waals surface area contributed by atoms with Crippen molar-refractivity contribution in [3.8, 4) is 11.3 Å². The number of anilines is 1. The van der Waals surface area contributed by atoms with E-state index in [1.807, 2.05) is 25.2 Å². The second-order valence-corrected chi connectivity index (χ2v) is 5.27. The van der Waals surface area contributed by atoms with Crippen LogP contribution in [-0.2, 0) is 14.1 Å². The number of fused-ring (bicyclic) bond motifs is 1. The maximum Gasteiger partial charge on any atom is 0.163 e. The SMILES string of the molecule is Cn1cc(-c2nn(C)c3ncnc(N4CC(F)C4)c23)cn1. The van der Waals surface area contributed by atoms with Crippen molar-refractivity contribution in [2.24, 2.45) is 14.1 Å². The Hall–Kier alpha value is -2.51. The van der Waals surface area contributed by atoms with E-state index in [9.17, 15) is 4.39 Å². The third-order valence-corrected chi connectivity index (χ3v) is 3.72. The van der Waals surface area contributed by atoms with Crippen LogP contribution in [0.1, 0.15) is 0 Å². The Morgan fingerprint density at radius 2 is 2.05 bits per heavy atom. The molecule has 21 heavy (non-hydrogen) atoms. The van der Waals surface area contributed by atoms with Crippen LogP contribution < -0.4 is 4.90 Å². The quantitative estimate of drug-likeness (QED) is 0.701. The molecule has 1 fully saturated rings. The third kappa shape index (κ3) is 1.78. The fraction of sp³-hybridized carbons (Fsp3) is 0.385. The Morgan fingerprint density at radius 1 is 1.24 bits per heavy atom. The predicted molar refractivity (Wildman–Crippen MR) is 75.6 cm³/mol. The van der Waals surface area contributed by atoms with Crippen LogP contribution >= 0.6 is 0 Å². The molecular weight excluding hydrogens is 273 g/mol. The van der Waals surface area contributed by atoms with Gasteiger partial charge in [-0.3, -0.25) is 4.68 Å². The predicted octanol–water partition coefficient (Wildman–Crippen LogP) is 0.922. The lowest BCUT2D eigenvalue weighted by molar-refractivity contribution is 0.274. The maximum absolute atomic E-state index is 13.2. The molecule has 0 aromatic carbocycles. The summed E-state index contributed by atoms with van der Waals surface area (Å²) in [6.45, 7) is 0.737. The van der Waals surface area contributed by atoms with Gasteiger partial charge in [0.15, 0.2) is 5.65 Å². The molecule has 4 heterocycles. The number of aryl methyl sites for hydroxylation is 2. The summed E-state index contributed by atoms with van der Waals surface area (Å²) in [7, 11) is 3.70. The molecule has 1 aliphatic heterocycles. The molecule has 0 atom stereocenters. The first-order valence-corrected chi connectivity index (χ1v) is 6.69. The van der Waals surface area contributed by atoms with Crippen molar-refractivity contribution in [1.82, 2.24) is 29.5 Å². The van der Waals surface area contributed by atoms with Gasteiger partial charge in [0.25, 0.3) is 0 Å². The highest BCUT2D eigenvalue weighted by molar-refractivity contribution is 5.99. The second-order valence-electron chi connectivity index (χ2n) is 5.27. The minimum atomic E-state index is -0.784. The van der Waals surface area contributed by atoms with Gasteiger partial charge >= 0.3 is 0 Å². The highest BCUT2D eigenvalue weighted by Gasteiger charge is 2.30. The van der Waals surface area contributed by atoms with Crippen molar-refractivity contribution in [2.45, 2.75) is 6.17 Å². The zero-order valence-electron chi connectivity index (χ0n) is 11.7. The first kappa shape index (κ1) is 12.2. The van der Waals surface area contributed by atoms with Crippen LogP contribution in [0, 0.1) is 0 Å². The van der Waals surface area contributed by atoms with E-state index in [1.54, 1.807) is 15.6 Å². The summed E-state index contributed by atoms with van der Waals surface area (Å²) in [5, 5.41) is 9.56. The van der Waals surface area contributed by atoms with Gasteiger partial charge in [0.2, 0.25) is 0 Å². The summed E-state index contributed by atoms with van der Waals surface area (Å²) in [6.07, 6.45) is 4.37. The van der Waals surface area contributed by atoms with Gasteiger partial charge in [-0.2, -0.15) is 10.2 Å². The Bertz CT molecular complexity index is 815. The Morgan fingerprint density at radius 3 is 2.71 bits per heavy atom. The summed E-state index contributed by atoms with van der Waals surface area (Å²) in [6, 6.07) is 0. The molecule has 1 saturated heterocycles. The minimum Gasteiger partial charge on any atom is -0.350 e. The molecule has 0 saturated carbocycles. The highest BCUT2D eigenvalue weighted by Crippen LogP contribution is 2.34. The lowest BCUT2D eigenvalue weighted by Crippen LogP contribution is -2.48. The molecule has 0 amide bonds. The van der Waals surface area contributed by atoms with Gasteiger partial charge < -0.3 is 4.90 Å². The van der Waals surface area contributed by atoms with E-state index < -0.39 is 6.17 Å². The number of hydrogen-bond acceptors (Lipinski definition) is 5. The number of nitrogens with zero attached hydrogens (tertiary/aromatic N) is 7. The normalized spacial score (nSPS) is 15.7. The van der Waals surface area contributed by atoms with Crippen LogP contribution in [0.4, 0.5) is 10.2 Å². The van der Waals surface area contributed by atoms with Crippen molar-refractivity contribution < 1.29 is 4.39 Å². The lowest BCUT2D eigenvalue weighted by atomic mass is 10.1. The molecule has 7 nitrogen and oxygen atoms in total. The molecule has 0 bridgehead atoms. The molecule has 0 radical (unpaired) electrons. The molecule has 0 spiro atoms. The molecule has 4 rings (SSSR count). The Balaban J connectivity index is 1.94. The van der Waals surface area contributed by atoms with Crippen LogP contribution in [0.5, 0.6) is 0 Å². The third-order valence-electron chi connectivity index (χ3n) is 3.72. The largest absolute Gasteiger partial charge is 0.350 e. The Kier molecular flexibility index (Phi) is 2.47. The van der Waals surface area contributed by atoms with Crippen molar-refractivity contribution in [1.29, 1.82) is 0 Å². The van der Waals surface area contributed by atoms with Crippen LogP contribution in [0.3, 0.4) is 0 Å². The summed E-state index contributed by atoms with van der Waals surface area (Å²) < 4.78 is 16.6. The molecule has 3 aromatic heterocycles. The Labute approximate surface area is 120 Å². The minimum absolute atomic E-state index is 0.369. The van der Waals surface area contributed by atoms with Gasteiger partial charge in [-0.15, -0.1) is 0 Å². The lowest BCUT2D eigenvalue weighted by Gasteiger charge is -2.35. The number of aromatic nitrogens is 6. The highest BCUT2D eigenvalue weighted by atomic mass is 19.1. The van der Waals surface area contributed by atoms with E-state index in [0.29, 0.717) is 13.1 Å². The molecular formula is C13H14FN7. The summed E-state index contributed by atoms with van der Waals surface area (Å²) in [4.78, 5) is 10.5. The van der Waals surface area contributed by atoms with E-state index >= 15 is 0 Å². The molecule has 1 aliphatic rings. The monoisotopic (exact) mass is 287 g/mol. The van der Waals surface area contributed by atoms with Gasteiger partial charge in [-0.25, -0.2) is 19.0 Å². The number of halogens is 1. The molecule has 8 heteroatoms. The molecule has 0 unspecified atom stereocenters. The standard InChI is InChI=1S/C13H14FN7/c1-19-4-8(3-17-19)11-10-12(20(2)18-11)15-7-16-13(10)21-5-9(14)6-21/h3-4,7,9H,5-6H2,1-2H3. The van der Waals surface area contributed by atoms with Crippen molar-refractivity contribution >= 4 is 16.9 Å². The molecule has 108 valence electrons. The number of alkyl halides is 1. The number of rotatable bonds is 2. The van der Waals surface area contributed by atoms with Crippen LogP contribution in [-0.4, -0.2) is 48.8 Å². The average molecular weight is 287 g/mol. The molecule has 3 aromatic rings. The van der Waals surface area contributed by atoms with Crippen molar-refractivity contribution in [3.63, 3.8) is 0 Å². The topological polar surface area (TPSA) is 64.7 Å². The average Bonchev–Trinajstić information content (AvgIpc) is 3.00. The zero-order chi connectivity index (χ0) is 14.6. The van der Waals surface area contributed by atoms with Crippen molar-refractivity contribution in [2.75, 3.05) is 18.0 Å². The van der Waals surface area contributed by atoms with Gasteiger partial charge in [-0.1, -0.05) is 0 Å². The first-order valence-electron chi connectivity index (χ1n) is 6.69.